The van der Waals surface area contributed by atoms with Crippen LogP contribution in [0.25, 0.3) is 0 Å². The molecule has 1 amide bonds. The van der Waals surface area contributed by atoms with Gasteiger partial charge in [-0.25, -0.2) is 9.78 Å². The number of esters is 1. The average molecular weight is 359 g/mol. The first kappa shape index (κ1) is 17.6. The number of nitrogens with one attached hydrogen (secondary N) is 1. The fourth-order valence-corrected chi connectivity index (χ4v) is 3.38. The van der Waals surface area contributed by atoms with Crippen molar-refractivity contribution >= 4 is 28.9 Å². The molecule has 3 rings (SSSR count). The predicted molar refractivity (Wildman–Crippen MR) is 96.5 cm³/mol. The molecule has 6 nitrogen and oxygen atoms in total. The second kappa shape index (κ2) is 8.22. The van der Waals surface area contributed by atoms with E-state index in [0.29, 0.717) is 17.7 Å². The third kappa shape index (κ3) is 4.87. The number of hydrogen-bond acceptors (Lipinski definition) is 6. The van der Waals surface area contributed by atoms with Gasteiger partial charge < -0.3 is 15.8 Å². The molecular weight excluding hydrogens is 338 g/mol. The quantitative estimate of drug-likeness (QED) is 0.774. The predicted octanol–water partition coefficient (Wildman–Crippen LogP) is 2.75. The lowest BCUT2D eigenvalue weighted by Gasteiger charge is -2.13. The highest BCUT2D eigenvalue weighted by Gasteiger charge is 2.20. The van der Waals surface area contributed by atoms with Gasteiger partial charge in [0.15, 0.2) is 0 Å². The number of nitrogens with two attached hydrogens (primary N) is 1. The van der Waals surface area contributed by atoms with Gasteiger partial charge in [-0.2, -0.15) is 0 Å². The monoisotopic (exact) mass is 359 g/mol. The lowest BCUT2D eigenvalue weighted by Crippen LogP contribution is -2.37. The van der Waals surface area contributed by atoms with E-state index < -0.39 is 6.04 Å². The summed E-state index contributed by atoms with van der Waals surface area (Å²) in [4.78, 5) is 28.3. The molecule has 1 saturated carbocycles. The lowest BCUT2D eigenvalue weighted by atomic mass is 10.1. The van der Waals surface area contributed by atoms with E-state index in [2.05, 4.69) is 10.3 Å². The number of nitrogens with zero attached hydrogens (tertiary/aromatic N) is 1. The van der Waals surface area contributed by atoms with Crippen LogP contribution in [0.4, 0.5) is 5.69 Å². The van der Waals surface area contributed by atoms with Crippen molar-refractivity contribution in [3.05, 3.63) is 46.4 Å². The molecule has 132 valence electrons. The van der Waals surface area contributed by atoms with E-state index >= 15 is 0 Å². The number of benzene rings is 1. The maximum atomic E-state index is 12.1. The summed E-state index contributed by atoms with van der Waals surface area (Å²) in [5.41, 5.74) is 9.50. The Balaban J connectivity index is 1.52. The number of thiazole rings is 1. The van der Waals surface area contributed by atoms with Crippen molar-refractivity contribution in [1.29, 1.82) is 0 Å². The first-order valence-electron chi connectivity index (χ1n) is 8.36. The van der Waals surface area contributed by atoms with Gasteiger partial charge in [0, 0.05) is 17.5 Å². The highest BCUT2D eigenvalue weighted by molar-refractivity contribution is 7.07. The van der Waals surface area contributed by atoms with E-state index in [1.165, 1.54) is 11.3 Å². The van der Waals surface area contributed by atoms with Gasteiger partial charge in [-0.15, -0.1) is 11.3 Å². The number of rotatable bonds is 6. The van der Waals surface area contributed by atoms with E-state index in [1.807, 2.05) is 5.38 Å². The highest BCUT2D eigenvalue weighted by atomic mass is 32.1. The standard InChI is InChI=1S/C18H21N3O3S/c19-16(9-14-10-25-11-20-14)17(22)21-13-7-5-12(6-8-13)18(23)24-15-3-1-2-4-15/h5-8,10-11,15-16H,1-4,9,19H2,(H,21,22)/t16-/m0/s1. The molecule has 1 fully saturated rings. The van der Waals surface area contributed by atoms with Gasteiger partial charge in [-0.1, -0.05) is 0 Å². The van der Waals surface area contributed by atoms with Crippen LogP contribution >= 0.6 is 11.3 Å². The zero-order chi connectivity index (χ0) is 17.6. The number of anilines is 1. The Hall–Kier alpha value is -2.25. The van der Waals surface area contributed by atoms with E-state index in [4.69, 9.17) is 10.5 Å². The molecule has 1 aliphatic carbocycles. The maximum absolute atomic E-state index is 12.1. The first-order valence-corrected chi connectivity index (χ1v) is 9.30. The fraction of sp³-hybridized carbons (Fsp3) is 0.389. The average Bonchev–Trinajstić information content (AvgIpc) is 3.29. The Morgan fingerprint density at radius 3 is 2.64 bits per heavy atom. The minimum atomic E-state index is -0.672. The SMILES string of the molecule is N[C@@H](Cc1cscn1)C(=O)Nc1ccc(C(=O)OC2CCCC2)cc1. The van der Waals surface area contributed by atoms with Crippen LogP contribution in [0.3, 0.4) is 0 Å². The topological polar surface area (TPSA) is 94.3 Å². The summed E-state index contributed by atoms with van der Waals surface area (Å²) in [6.07, 6.45) is 4.54. The fourth-order valence-electron chi connectivity index (χ4n) is 2.81. The molecule has 3 N–H and O–H groups in total. The summed E-state index contributed by atoms with van der Waals surface area (Å²) in [6, 6.07) is 5.99. The molecule has 0 radical (unpaired) electrons. The molecule has 0 spiro atoms. The largest absolute Gasteiger partial charge is 0.459 e. The zero-order valence-electron chi connectivity index (χ0n) is 13.8. The summed E-state index contributed by atoms with van der Waals surface area (Å²) < 4.78 is 5.46. The van der Waals surface area contributed by atoms with E-state index in [9.17, 15) is 9.59 Å². The van der Waals surface area contributed by atoms with E-state index in [1.54, 1.807) is 29.8 Å². The molecule has 0 unspecified atom stereocenters. The molecular formula is C18H21N3O3S. The van der Waals surface area contributed by atoms with Crippen LogP contribution in [0.15, 0.2) is 35.2 Å². The summed E-state index contributed by atoms with van der Waals surface area (Å²) >= 11 is 1.47. The molecule has 25 heavy (non-hydrogen) atoms. The van der Waals surface area contributed by atoms with Crippen LogP contribution in [0, 0.1) is 0 Å². The third-order valence-electron chi connectivity index (χ3n) is 4.21. The third-order valence-corrected chi connectivity index (χ3v) is 4.85. The Labute approximate surface area is 150 Å². The summed E-state index contributed by atoms with van der Waals surface area (Å²) in [5, 5.41) is 4.63. The Morgan fingerprint density at radius 2 is 2.00 bits per heavy atom. The summed E-state index contributed by atoms with van der Waals surface area (Å²) in [5.74, 6) is -0.598. The van der Waals surface area contributed by atoms with E-state index in [-0.39, 0.29) is 18.0 Å². The van der Waals surface area contributed by atoms with Gasteiger partial charge in [0.25, 0.3) is 0 Å². The van der Waals surface area contributed by atoms with Crippen LogP contribution in [-0.4, -0.2) is 29.0 Å². The van der Waals surface area contributed by atoms with E-state index in [0.717, 1.165) is 31.4 Å². The van der Waals surface area contributed by atoms with Gasteiger partial charge in [-0.3, -0.25) is 4.79 Å². The Bertz CT molecular complexity index is 710. The van der Waals surface area contributed by atoms with Crippen LogP contribution < -0.4 is 11.1 Å². The van der Waals surface area contributed by atoms with Gasteiger partial charge in [0.2, 0.25) is 5.91 Å². The van der Waals surface area contributed by atoms with Gasteiger partial charge in [0.05, 0.1) is 22.8 Å². The van der Waals surface area contributed by atoms with Gasteiger partial charge in [0.1, 0.15) is 6.10 Å². The van der Waals surface area contributed by atoms with Crippen LogP contribution in [0.5, 0.6) is 0 Å². The lowest BCUT2D eigenvalue weighted by molar-refractivity contribution is -0.117. The molecule has 1 heterocycles. The molecule has 2 aromatic rings. The summed E-state index contributed by atoms with van der Waals surface area (Å²) in [6.45, 7) is 0. The van der Waals surface area contributed by atoms with Crippen molar-refractivity contribution in [3.8, 4) is 0 Å². The maximum Gasteiger partial charge on any atom is 0.338 e. The zero-order valence-corrected chi connectivity index (χ0v) is 14.6. The van der Waals surface area contributed by atoms with Crippen molar-refractivity contribution in [1.82, 2.24) is 4.98 Å². The Kier molecular flexibility index (Phi) is 5.78. The smallest absolute Gasteiger partial charge is 0.338 e. The number of aromatic nitrogens is 1. The molecule has 1 aliphatic rings. The van der Waals surface area contributed by atoms with Crippen molar-refractivity contribution in [2.24, 2.45) is 5.73 Å². The van der Waals surface area contributed by atoms with Crippen molar-refractivity contribution in [2.45, 2.75) is 44.2 Å². The minimum Gasteiger partial charge on any atom is -0.459 e. The molecule has 0 bridgehead atoms. The normalized spacial score (nSPS) is 15.7. The minimum absolute atomic E-state index is 0.0376. The second-order valence-electron chi connectivity index (χ2n) is 6.17. The van der Waals surface area contributed by atoms with Crippen molar-refractivity contribution < 1.29 is 14.3 Å². The number of ether oxygens (including phenoxy) is 1. The summed E-state index contributed by atoms with van der Waals surface area (Å²) in [7, 11) is 0. The van der Waals surface area contributed by atoms with Crippen molar-refractivity contribution in [2.75, 3.05) is 5.32 Å². The number of hydrogen-bond donors (Lipinski definition) is 2. The Morgan fingerprint density at radius 1 is 1.28 bits per heavy atom. The van der Waals surface area contributed by atoms with Crippen molar-refractivity contribution in [3.63, 3.8) is 0 Å². The molecule has 7 heteroatoms. The first-order chi connectivity index (χ1) is 12.1. The van der Waals surface area contributed by atoms with Crippen LogP contribution in [-0.2, 0) is 16.0 Å². The van der Waals surface area contributed by atoms with Crippen LogP contribution in [0.2, 0.25) is 0 Å². The molecule has 1 atom stereocenters. The molecule has 1 aromatic carbocycles. The molecule has 0 aliphatic heterocycles. The second-order valence-corrected chi connectivity index (χ2v) is 6.89. The molecule has 0 saturated heterocycles. The van der Waals surface area contributed by atoms with Gasteiger partial charge >= 0.3 is 5.97 Å². The number of carbonyl (C=O) groups is 2. The number of amides is 1. The molecule has 1 aromatic heterocycles. The van der Waals surface area contributed by atoms with Crippen LogP contribution in [0.1, 0.15) is 41.7 Å². The highest BCUT2D eigenvalue weighted by Crippen LogP contribution is 2.22. The number of carbonyl (C=O) groups excluding carboxylic acids is 2. The van der Waals surface area contributed by atoms with Gasteiger partial charge in [-0.05, 0) is 49.9 Å².